The maximum Gasteiger partial charge on any atom is 0.332 e. The first-order chi connectivity index (χ1) is 11.0. The van der Waals surface area contributed by atoms with E-state index in [0.29, 0.717) is 17.1 Å². The molecule has 0 radical (unpaired) electrons. The summed E-state index contributed by atoms with van der Waals surface area (Å²) >= 11 is 6.20. The molecule has 3 rings (SSSR count). The molecule has 3 aromatic rings. The fraction of sp³-hybridized carbons (Fsp3) is 0.267. The highest BCUT2D eigenvalue weighted by Gasteiger charge is 2.20. The van der Waals surface area contributed by atoms with E-state index in [4.69, 9.17) is 16.3 Å². The van der Waals surface area contributed by atoms with Crippen LogP contribution in [0.4, 0.5) is 0 Å². The molecule has 0 saturated heterocycles. The first-order valence-electron chi connectivity index (χ1n) is 6.89. The number of rotatable bonds is 3. The number of halogens is 1. The van der Waals surface area contributed by atoms with Gasteiger partial charge in [-0.05, 0) is 11.6 Å². The van der Waals surface area contributed by atoms with Gasteiger partial charge in [0, 0.05) is 19.1 Å². The predicted molar refractivity (Wildman–Crippen MR) is 87.3 cm³/mol. The first kappa shape index (κ1) is 15.4. The van der Waals surface area contributed by atoms with Gasteiger partial charge in [-0.2, -0.15) is 4.98 Å². The maximum atomic E-state index is 12.5. The molecule has 0 bridgehead atoms. The quantitative estimate of drug-likeness (QED) is 0.720. The lowest BCUT2D eigenvalue weighted by Gasteiger charge is -2.09. The van der Waals surface area contributed by atoms with Gasteiger partial charge >= 0.3 is 5.69 Å². The van der Waals surface area contributed by atoms with E-state index < -0.39 is 11.2 Å². The fourth-order valence-electron chi connectivity index (χ4n) is 2.53. The van der Waals surface area contributed by atoms with Gasteiger partial charge in [-0.3, -0.25) is 18.5 Å². The third kappa shape index (κ3) is 2.33. The van der Waals surface area contributed by atoms with E-state index in [9.17, 15) is 9.59 Å². The van der Waals surface area contributed by atoms with Gasteiger partial charge in [-0.25, -0.2) is 4.79 Å². The van der Waals surface area contributed by atoms with Crippen molar-refractivity contribution in [2.24, 2.45) is 14.1 Å². The fourth-order valence-corrected chi connectivity index (χ4v) is 2.72. The van der Waals surface area contributed by atoms with Gasteiger partial charge in [-0.1, -0.05) is 29.8 Å². The molecule has 0 fully saturated rings. The molecule has 0 aliphatic carbocycles. The number of fused-ring (bicyclic) bond motifs is 1. The molecule has 0 unspecified atom stereocenters. The normalized spacial score (nSPS) is 11.1. The standard InChI is InChI=1S/C15H15ClN4O3/c1-18-12-11(13(21)19(2)15(18)22)20(14(17-12)23-3)8-9-6-4-5-7-10(9)16/h4-7H,8H2,1-3H3. The lowest BCUT2D eigenvalue weighted by atomic mass is 10.2. The molecule has 0 N–H and O–H groups in total. The van der Waals surface area contributed by atoms with Crippen LogP contribution >= 0.6 is 11.6 Å². The average Bonchev–Trinajstić information content (AvgIpc) is 2.91. The Bertz CT molecular complexity index is 1020. The van der Waals surface area contributed by atoms with E-state index >= 15 is 0 Å². The topological polar surface area (TPSA) is 71.1 Å². The van der Waals surface area contributed by atoms with Crippen LogP contribution in [0, 0.1) is 0 Å². The van der Waals surface area contributed by atoms with E-state index in [0.717, 1.165) is 10.1 Å². The Hall–Kier alpha value is -2.54. The zero-order valence-corrected chi connectivity index (χ0v) is 13.7. The zero-order valence-electron chi connectivity index (χ0n) is 12.9. The summed E-state index contributed by atoms with van der Waals surface area (Å²) in [6.45, 7) is 0.312. The van der Waals surface area contributed by atoms with Gasteiger partial charge in [0.2, 0.25) is 0 Å². The van der Waals surface area contributed by atoms with Crippen molar-refractivity contribution in [1.82, 2.24) is 18.7 Å². The van der Waals surface area contributed by atoms with Gasteiger partial charge in [0.05, 0.1) is 13.7 Å². The summed E-state index contributed by atoms with van der Waals surface area (Å²) in [6, 6.07) is 7.58. The highest BCUT2D eigenvalue weighted by molar-refractivity contribution is 6.31. The van der Waals surface area contributed by atoms with Gasteiger partial charge in [0.25, 0.3) is 11.6 Å². The second-order valence-corrected chi connectivity index (χ2v) is 5.56. The molecule has 0 atom stereocenters. The van der Waals surface area contributed by atoms with Gasteiger partial charge in [-0.15, -0.1) is 0 Å². The van der Waals surface area contributed by atoms with Crippen LogP contribution in [0.2, 0.25) is 5.02 Å². The third-order valence-electron chi connectivity index (χ3n) is 3.78. The van der Waals surface area contributed by atoms with Crippen LogP contribution in [0.1, 0.15) is 5.56 Å². The average molecular weight is 335 g/mol. The van der Waals surface area contributed by atoms with Crippen LogP contribution in [-0.2, 0) is 20.6 Å². The summed E-state index contributed by atoms with van der Waals surface area (Å²) in [6.07, 6.45) is 0. The minimum absolute atomic E-state index is 0.248. The van der Waals surface area contributed by atoms with E-state index in [1.54, 1.807) is 17.7 Å². The monoisotopic (exact) mass is 334 g/mol. The molecule has 0 amide bonds. The van der Waals surface area contributed by atoms with E-state index in [2.05, 4.69) is 4.98 Å². The van der Waals surface area contributed by atoms with Crippen molar-refractivity contribution in [2.75, 3.05) is 7.11 Å². The predicted octanol–water partition coefficient (Wildman–Crippen LogP) is 1.14. The number of imidazole rings is 1. The lowest BCUT2D eigenvalue weighted by molar-refractivity contribution is 0.364. The molecule has 120 valence electrons. The number of ether oxygens (including phenoxy) is 1. The van der Waals surface area contributed by atoms with E-state index in [1.165, 1.54) is 18.7 Å². The molecule has 23 heavy (non-hydrogen) atoms. The Morgan fingerprint density at radius 3 is 2.52 bits per heavy atom. The van der Waals surface area contributed by atoms with Crippen LogP contribution in [0.25, 0.3) is 11.2 Å². The summed E-state index contributed by atoms with van der Waals surface area (Å²) in [5, 5.41) is 0.582. The first-order valence-corrected chi connectivity index (χ1v) is 7.27. The second-order valence-electron chi connectivity index (χ2n) is 5.15. The van der Waals surface area contributed by atoms with Crippen molar-refractivity contribution < 1.29 is 4.74 Å². The van der Waals surface area contributed by atoms with Gasteiger partial charge < -0.3 is 4.74 Å². The largest absolute Gasteiger partial charge is 0.468 e. The maximum absolute atomic E-state index is 12.5. The Morgan fingerprint density at radius 2 is 1.87 bits per heavy atom. The highest BCUT2D eigenvalue weighted by Crippen LogP contribution is 2.22. The second kappa shape index (κ2) is 5.58. The van der Waals surface area contributed by atoms with Crippen molar-refractivity contribution in [3.63, 3.8) is 0 Å². The van der Waals surface area contributed by atoms with Gasteiger partial charge in [0.1, 0.15) is 0 Å². The third-order valence-corrected chi connectivity index (χ3v) is 4.15. The number of aryl methyl sites for hydroxylation is 1. The Labute approximate surface area is 136 Å². The van der Waals surface area contributed by atoms with Crippen molar-refractivity contribution in [3.8, 4) is 6.01 Å². The van der Waals surface area contributed by atoms with E-state index in [1.807, 2.05) is 18.2 Å². The van der Waals surface area contributed by atoms with Crippen molar-refractivity contribution in [3.05, 3.63) is 55.7 Å². The summed E-state index contributed by atoms with van der Waals surface area (Å²) in [5.74, 6) is 0. The molecular formula is C15H15ClN4O3. The number of nitrogens with zero attached hydrogens (tertiary/aromatic N) is 4. The molecular weight excluding hydrogens is 320 g/mol. The molecule has 0 spiro atoms. The molecule has 2 heterocycles. The molecule has 0 aliphatic rings. The smallest absolute Gasteiger partial charge is 0.332 e. The Balaban J connectivity index is 2.34. The van der Waals surface area contributed by atoms with Crippen LogP contribution in [0.5, 0.6) is 6.01 Å². The number of hydrogen-bond donors (Lipinski definition) is 0. The minimum atomic E-state index is -0.437. The van der Waals surface area contributed by atoms with Gasteiger partial charge in [0.15, 0.2) is 11.2 Å². The summed E-state index contributed by atoms with van der Waals surface area (Å²) in [4.78, 5) is 28.8. The highest BCUT2D eigenvalue weighted by atomic mass is 35.5. The molecule has 0 aliphatic heterocycles. The van der Waals surface area contributed by atoms with Crippen LogP contribution < -0.4 is 16.0 Å². The van der Waals surface area contributed by atoms with Crippen molar-refractivity contribution in [1.29, 1.82) is 0 Å². The van der Waals surface area contributed by atoms with Crippen molar-refractivity contribution in [2.45, 2.75) is 6.54 Å². The number of aromatic nitrogens is 4. The van der Waals surface area contributed by atoms with E-state index in [-0.39, 0.29) is 11.7 Å². The molecule has 8 heteroatoms. The van der Waals surface area contributed by atoms with Crippen molar-refractivity contribution >= 4 is 22.8 Å². The summed E-state index contributed by atoms with van der Waals surface area (Å²) in [7, 11) is 4.46. The molecule has 1 aromatic carbocycles. The van der Waals surface area contributed by atoms with Crippen LogP contribution in [-0.4, -0.2) is 25.8 Å². The zero-order chi connectivity index (χ0) is 16.7. The minimum Gasteiger partial charge on any atom is -0.468 e. The Kier molecular flexibility index (Phi) is 3.73. The number of hydrogen-bond acceptors (Lipinski definition) is 4. The molecule has 2 aromatic heterocycles. The van der Waals surface area contributed by atoms with Crippen LogP contribution in [0.3, 0.4) is 0 Å². The lowest BCUT2D eigenvalue weighted by Crippen LogP contribution is -2.37. The number of benzene rings is 1. The number of methoxy groups -OCH3 is 1. The van der Waals surface area contributed by atoms with Crippen LogP contribution in [0.15, 0.2) is 33.9 Å². The Morgan fingerprint density at radius 1 is 1.17 bits per heavy atom. The SMILES string of the molecule is COc1nc2c(c(=O)n(C)c(=O)n2C)n1Cc1ccccc1Cl. The summed E-state index contributed by atoms with van der Waals surface area (Å²) in [5.41, 5.74) is 0.537. The molecule has 7 nitrogen and oxygen atoms in total. The molecule has 0 saturated carbocycles. The summed E-state index contributed by atoms with van der Waals surface area (Å²) < 4.78 is 9.27.